The van der Waals surface area contributed by atoms with Crippen molar-refractivity contribution in [2.45, 2.75) is 31.2 Å². The zero-order chi connectivity index (χ0) is 27.6. The molecule has 1 atom stereocenters. The molecule has 0 aliphatic rings. The molecule has 0 aliphatic heterocycles. The Labute approximate surface area is 229 Å². The molecule has 7 nitrogen and oxygen atoms in total. The third kappa shape index (κ3) is 7.02. The van der Waals surface area contributed by atoms with E-state index in [2.05, 4.69) is 29.6 Å². The molecule has 0 fully saturated rings. The normalized spacial score (nSPS) is 11.7. The van der Waals surface area contributed by atoms with Crippen LogP contribution in [0.5, 0.6) is 0 Å². The molecule has 4 aromatic rings. The predicted molar refractivity (Wildman–Crippen MR) is 156 cm³/mol. The van der Waals surface area contributed by atoms with Crippen LogP contribution in [0, 0.1) is 5.41 Å². The van der Waals surface area contributed by atoms with Crippen molar-refractivity contribution in [3.05, 3.63) is 120 Å². The van der Waals surface area contributed by atoms with Crippen LogP contribution in [-0.2, 0) is 16.0 Å². The lowest BCUT2D eigenvalue weighted by Crippen LogP contribution is -2.50. The van der Waals surface area contributed by atoms with Crippen LogP contribution in [0.2, 0.25) is 0 Å². The van der Waals surface area contributed by atoms with E-state index in [0.29, 0.717) is 32.4 Å². The van der Waals surface area contributed by atoms with Gasteiger partial charge in [-0.05, 0) is 46.7 Å². The van der Waals surface area contributed by atoms with Gasteiger partial charge in [0.05, 0.1) is 5.92 Å². The Morgan fingerprint density at radius 1 is 0.795 bits per heavy atom. The smallest absolute Gasteiger partial charge is 0.240 e. The fraction of sp³-hybridized carbons (Fsp3) is 0.219. The van der Waals surface area contributed by atoms with E-state index < -0.39 is 17.9 Å². The number of hydrogen-bond donors (Lipinski definition) is 4. The first kappa shape index (κ1) is 27.4. The van der Waals surface area contributed by atoms with Crippen molar-refractivity contribution in [3.63, 3.8) is 0 Å². The summed E-state index contributed by atoms with van der Waals surface area (Å²) in [6, 6.07) is 32.7. The molecule has 0 saturated heterocycles. The average Bonchev–Trinajstić information content (AvgIpc) is 2.95. The van der Waals surface area contributed by atoms with Gasteiger partial charge in [-0.15, -0.1) is 0 Å². The Morgan fingerprint density at radius 2 is 1.38 bits per heavy atom. The molecule has 7 heteroatoms. The first-order chi connectivity index (χ1) is 19.0. The molecule has 4 rings (SSSR count). The number of carbonyl (C=O) groups excluding carboxylic acids is 2. The summed E-state index contributed by atoms with van der Waals surface area (Å²) in [5.74, 6) is -1.44. The molecule has 0 spiro atoms. The second-order valence-electron chi connectivity index (χ2n) is 9.58. The summed E-state index contributed by atoms with van der Waals surface area (Å²) in [5, 5.41) is 12.4. The monoisotopic (exact) mass is 521 g/mol. The zero-order valence-corrected chi connectivity index (χ0v) is 21.9. The van der Waals surface area contributed by atoms with Crippen LogP contribution in [0.15, 0.2) is 103 Å². The third-order valence-electron chi connectivity index (χ3n) is 6.97. The first-order valence-corrected chi connectivity index (χ1v) is 13.2. The lowest BCUT2D eigenvalue weighted by atomic mass is 9.89. The molecule has 0 aromatic heterocycles. The van der Waals surface area contributed by atoms with Crippen molar-refractivity contribution in [2.75, 3.05) is 13.1 Å². The van der Waals surface area contributed by atoms with E-state index in [4.69, 9.17) is 16.9 Å². The average molecular weight is 522 g/mol. The number of primary amides is 1. The van der Waals surface area contributed by atoms with Crippen LogP contribution in [0.25, 0.3) is 10.8 Å². The molecule has 39 heavy (non-hydrogen) atoms. The second-order valence-corrected chi connectivity index (χ2v) is 9.58. The molecule has 2 amide bonds. The topological polar surface area (TPSA) is 125 Å². The van der Waals surface area contributed by atoms with Gasteiger partial charge in [-0.1, -0.05) is 103 Å². The number of hydrogen-bond acceptors (Lipinski definition) is 3. The summed E-state index contributed by atoms with van der Waals surface area (Å²) in [6.45, 7) is 0.738. The number of fused-ring (bicyclic) bond motifs is 1. The van der Waals surface area contributed by atoms with Gasteiger partial charge in [-0.2, -0.15) is 0 Å². The van der Waals surface area contributed by atoms with Gasteiger partial charge in [0, 0.05) is 13.1 Å². The van der Waals surface area contributed by atoms with Gasteiger partial charge >= 0.3 is 0 Å². The van der Waals surface area contributed by atoms with E-state index in [9.17, 15) is 9.59 Å². The van der Waals surface area contributed by atoms with Crippen molar-refractivity contribution in [1.29, 1.82) is 5.41 Å². The Balaban J connectivity index is 1.70. The Kier molecular flexibility index (Phi) is 9.29. The van der Waals surface area contributed by atoms with Crippen LogP contribution >= 0.6 is 0 Å². The van der Waals surface area contributed by atoms with E-state index in [1.54, 1.807) is 4.90 Å². The van der Waals surface area contributed by atoms with Gasteiger partial charge in [0.2, 0.25) is 11.8 Å². The molecule has 200 valence electrons. The number of benzene rings is 4. The lowest BCUT2D eigenvalue weighted by molar-refractivity contribution is -0.140. The number of carbonyl (C=O) groups is 2. The van der Waals surface area contributed by atoms with E-state index in [1.807, 2.05) is 78.9 Å². The Bertz CT molecular complexity index is 1360. The molecule has 6 N–H and O–H groups in total. The molecule has 0 aliphatic carbocycles. The number of nitrogens with zero attached hydrogens (tertiary/aromatic N) is 1. The molecule has 0 bridgehead atoms. The van der Waals surface area contributed by atoms with Gasteiger partial charge in [0.15, 0.2) is 5.96 Å². The molecule has 4 aromatic carbocycles. The summed E-state index contributed by atoms with van der Waals surface area (Å²) < 4.78 is 0. The number of nitrogens with one attached hydrogen (secondary N) is 2. The lowest BCUT2D eigenvalue weighted by Gasteiger charge is -2.33. The van der Waals surface area contributed by atoms with Gasteiger partial charge in [-0.25, -0.2) is 0 Å². The van der Waals surface area contributed by atoms with Crippen LogP contribution < -0.4 is 16.8 Å². The Morgan fingerprint density at radius 3 is 2.00 bits per heavy atom. The van der Waals surface area contributed by atoms with Crippen LogP contribution in [0.1, 0.15) is 35.4 Å². The van der Waals surface area contributed by atoms with Crippen LogP contribution in [-0.4, -0.2) is 41.8 Å². The van der Waals surface area contributed by atoms with Gasteiger partial charge in [0.1, 0.15) is 6.04 Å². The first-order valence-electron chi connectivity index (χ1n) is 13.2. The van der Waals surface area contributed by atoms with Gasteiger partial charge in [-0.3, -0.25) is 15.0 Å². The van der Waals surface area contributed by atoms with Crippen LogP contribution in [0.4, 0.5) is 0 Å². The second kappa shape index (κ2) is 13.2. The molecule has 0 radical (unpaired) electrons. The zero-order valence-electron chi connectivity index (χ0n) is 21.9. The summed E-state index contributed by atoms with van der Waals surface area (Å²) in [5.41, 5.74) is 14.2. The number of guanidine groups is 1. The van der Waals surface area contributed by atoms with Crippen molar-refractivity contribution >= 4 is 28.5 Å². The maximum atomic E-state index is 14.5. The minimum Gasteiger partial charge on any atom is -0.370 e. The van der Waals surface area contributed by atoms with E-state index in [1.165, 1.54) is 0 Å². The quantitative estimate of drug-likeness (QED) is 0.127. The highest BCUT2D eigenvalue weighted by Crippen LogP contribution is 2.29. The molecule has 0 unspecified atom stereocenters. The fourth-order valence-corrected chi connectivity index (χ4v) is 5.08. The SMILES string of the molecule is N=C(N)NCCC[C@H](C(N)=O)N(CCc1cccc2ccccc12)C(=O)C(c1ccccc1)c1ccccc1. The third-order valence-corrected chi connectivity index (χ3v) is 6.97. The van der Waals surface area contributed by atoms with E-state index >= 15 is 0 Å². The minimum atomic E-state index is -0.809. The highest BCUT2D eigenvalue weighted by atomic mass is 16.2. The van der Waals surface area contributed by atoms with Gasteiger partial charge in [0.25, 0.3) is 0 Å². The fourth-order valence-electron chi connectivity index (χ4n) is 5.08. The minimum absolute atomic E-state index is 0.136. The highest BCUT2D eigenvalue weighted by molar-refractivity contribution is 5.92. The number of amides is 2. The molecular weight excluding hydrogens is 486 g/mol. The van der Waals surface area contributed by atoms with Crippen molar-refractivity contribution in [3.8, 4) is 0 Å². The number of rotatable bonds is 12. The maximum absolute atomic E-state index is 14.5. The maximum Gasteiger partial charge on any atom is 0.240 e. The molecule has 0 saturated carbocycles. The molecule has 0 heterocycles. The Hall–Kier alpha value is -4.65. The summed E-state index contributed by atoms with van der Waals surface area (Å²) >= 11 is 0. The van der Waals surface area contributed by atoms with E-state index in [-0.39, 0.29) is 11.9 Å². The predicted octanol–water partition coefficient (Wildman–Crippen LogP) is 4.16. The standard InChI is InChI=1S/C32H35N5O2/c33-30(38)28(19-10-21-36-32(34)35)37(22-20-24-17-9-16-23-11-7-8-18-27(23)24)31(39)29(25-12-3-1-4-13-25)26-14-5-2-6-15-26/h1-9,11-18,28-29H,10,19-22H2,(H2,33,38)(H4,34,35,36)/t28-/m1/s1. The van der Waals surface area contributed by atoms with Crippen molar-refractivity contribution in [1.82, 2.24) is 10.2 Å². The van der Waals surface area contributed by atoms with Crippen LogP contribution in [0.3, 0.4) is 0 Å². The van der Waals surface area contributed by atoms with Gasteiger partial charge < -0.3 is 21.7 Å². The summed E-state index contributed by atoms with van der Waals surface area (Å²) in [4.78, 5) is 29.0. The highest BCUT2D eigenvalue weighted by Gasteiger charge is 2.34. The summed E-state index contributed by atoms with van der Waals surface area (Å²) in [6.07, 6.45) is 1.44. The van der Waals surface area contributed by atoms with Crippen molar-refractivity contribution in [2.24, 2.45) is 11.5 Å². The molecular formula is C32H35N5O2. The largest absolute Gasteiger partial charge is 0.370 e. The summed E-state index contributed by atoms with van der Waals surface area (Å²) in [7, 11) is 0. The van der Waals surface area contributed by atoms with E-state index in [0.717, 1.165) is 27.5 Å². The van der Waals surface area contributed by atoms with Crippen molar-refractivity contribution < 1.29 is 9.59 Å². The number of nitrogens with two attached hydrogens (primary N) is 2.